The van der Waals surface area contributed by atoms with Crippen LogP contribution < -0.4 is 10.6 Å². The molecule has 5 nitrogen and oxygen atoms in total. The first-order chi connectivity index (χ1) is 8.54. The molecule has 1 saturated heterocycles. The van der Waals surface area contributed by atoms with Crippen molar-refractivity contribution in [2.45, 2.75) is 13.3 Å². The van der Waals surface area contributed by atoms with Gasteiger partial charge < -0.3 is 15.4 Å². The number of benzene rings is 1. The lowest BCUT2D eigenvalue weighted by molar-refractivity contribution is -0.145. The average molecular weight is 248 g/mol. The van der Waals surface area contributed by atoms with Gasteiger partial charge in [0.15, 0.2) is 0 Å². The van der Waals surface area contributed by atoms with E-state index in [2.05, 4.69) is 4.74 Å². The third-order valence-corrected chi connectivity index (χ3v) is 3.20. The van der Waals surface area contributed by atoms with E-state index in [1.165, 1.54) is 7.11 Å². The Bertz CT molecular complexity index is 479. The van der Waals surface area contributed by atoms with Crippen molar-refractivity contribution < 1.29 is 14.3 Å². The molecule has 0 aromatic heterocycles. The van der Waals surface area contributed by atoms with Gasteiger partial charge in [-0.3, -0.25) is 9.59 Å². The summed E-state index contributed by atoms with van der Waals surface area (Å²) < 4.78 is 4.68. The summed E-state index contributed by atoms with van der Waals surface area (Å²) in [4.78, 5) is 25.0. The molecule has 1 unspecified atom stereocenters. The zero-order valence-corrected chi connectivity index (χ0v) is 10.5. The molecule has 96 valence electrons. The molecule has 2 N–H and O–H groups in total. The minimum atomic E-state index is -0.401. The highest BCUT2D eigenvalue weighted by Crippen LogP contribution is 2.32. The maximum atomic E-state index is 12.0. The summed E-state index contributed by atoms with van der Waals surface area (Å²) in [7, 11) is 1.33. The number of methoxy groups -OCH3 is 1. The van der Waals surface area contributed by atoms with Gasteiger partial charge in [-0.05, 0) is 18.6 Å². The molecule has 1 atom stereocenters. The van der Waals surface area contributed by atoms with Crippen molar-refractivity contribution in [2.24, 2.45) is 5.92 Å². The normalized spacial score (nSPS) is 19.1. The van der Waals surface area contributed by atoms with Gasteiger partial charge >= 0.3 is 5.97 Å². The Morgan fingerprint density at radius 1 is 1.50 bits per heavy atom. The molecule has 0 bridgehead atoms. The van der Waals surface area contributed by atoms with Gasteiger partial charge in [-0.1, -0.05) is 12.1 Å². The predicted molar refractivity (Wildman–Crippen MR) is 68.1 cm³/mol. The van der Waals surface area contributed by atoms with Gasteiger partial charge in [-0.15, -0.1) is 0 Å². The van der Waals surface area contributed by atoms with Gasteiger partial charge in [0.25, 0.3) is 0 Å². The third kappa shape index (κ3) is 2.03. The van der Waals surface area contributed by atoms with Gasteiger partial charge in [0.05, 0.1) is 24.4 Å². The largest absolute Gasteiger partial charge is 0.469 e. The summed E-state index contributed by atoms with van der Waals surface area (Å²) in [6, 6.07) is 5.48. The minimum Gasteiger partial charge on any atom is -0.469 e. The van der Waals surface area contributed by atoms with Crippen molar-refractivity contribution in [1.82, 2.24) is 0 Å². The highest BCUT2D eigenvalue weighted by Gasteiger charge is 2.36. The topological polar surface area (TPSA) is 72.6 Å². The molecular formula is C13H16N2O3. The number of nitrogen functional groups attached to an aromatic ring is 1. The fourth-order valence-electron chi connectivity index (χ4n) is 2.30. The van der Waals surface area contributed by atoms with Crippen LogP contribution in [0.3, 0.4) is 0 Å². The van der Waals surface area contributed by atoms with E-state index >= 15 is 0 Å². The molecule has 1 aliphatic heterocycles. The Hall–Kier alpha value is -2.04. The van der Waals surface area contributed by atoms with Crippen LogP contribution in [0.4, 0.5) is 11.4 Å². The molecule has 0 aliphatic carbocycles. The molecule has 1 fully saturated rings. The number of para-hydroxylation sites is 1. The molecule has 18 heavy (non-hydrogen) atoms. The van der Waals surface area contributed by atoms with E-state index in [1.54, 1.807) is 11.0 Å². The average Bonchev–Trinajstić information content (AvgIpc) is 2.70. The van der Waals surface area contributed by atoms with E-state index in [0.717, 1.165) is 5.56 Å². The Morgan fingerprint density at radius 3 is 2.83 bits per heavy atom. The number of amides is 1. The molecule has 1 heterocycles. The number of ether oxygens (including phenoxy) is 1. The summed E-state index contributed by atoms with van der Waals surface area (Å²) >= 11 is 0. The Kier molecular flexibility index (Phi) is 3.23. The van der Waals surface area contributed by atoms with E-state index in [0.29, 0.717) is 17.9 Å². The molecule has 2 rings (SSSR count). The van der Waals surface area contributed by atoms with Crippen molar-refractivity contribution in [3.8, 4) is 0 Å². The van der Waals surface area contributed by atoms with Crippen LogP contribution in [0.15, 0.2) is 18.2 Å². The zero-order chi connectivity index (χ0) is 13.3. The Balaban J connectivity index is 2.30. The summed E-state index contributed by atoms with van der Waals surface area (Å²) in [5, 5.41) is 0. The number of carbonyl (C=O) groups excluding carboxylic acids is 2. The van der Waals surface area contributed by atoms with E-state index < -0.39 is 5.92 Å². The lowest BCUT2D eigenvalue weighted by Crippen LogP contribution is -2.27. The maximum Gasteiger partial charge on any atom is 0.311 e. The van der Waals surface area contributed by atoms with Crippen molar-refractivity contribution >= 4 is 23.3 Å². The molecule has 0 saturated carbocycles. The Labute approximate surface area is 106 Å². The minimum absolute atomic E-state index is 0.0913. The molecule has 5 heteroatoms. The first-order valence-corrected chi connectivity index (χ1v) is 5.78. The predicted octanol–water partition coefficient (Wildman–Crippen LogP) is 1.10. The molecule has 1 aromatic rings. The molecule has 1 aliphatic rings. The van der Waals surface area contributed by atoms with Crippen LogP contribution >= 0.6 is 0 Å². The van der Waals surface area contributed by atoms with Crippen LogP contribution in [0.1, 0.15) is 12.0 Å². The second kappa shape index (κ2) is 4.68. The summed E-state index contributed by atoms with van der Waals surface area (Å²) in [5.74, 6) is -0.842. The smallest absolute Gasteiger partial charge is 0.311 e. The van der Waals surface area contributed by atoms with Crippen molar-refractivity contribution in [1.29, 1.82) is 0 Å². The fourth-order valence-corrected chi connectivity index (χ4v) is 2.30. The van der Waals surface area contributed by atoms with Gasteiger partial charge in [0.2, 0.25) is 5.91 Å². The molecular weight excluding hydrogens is 232 g/mol. The monoisotopic (exact) mass is 248 g/mol. The van der Waals surface area contributed by atoms with Gasteiger partial charge in [-0.25, -0.2) is 0 Å². The molecule has 1 aromatic carbocycles. The number of nitrogens with two attached hydrogens (primary N) is 1. The number of nitrogens with zero attached hydrogens (tertiary/aromatic N) is 1. The lowest BCUT2D eigenvalue weighted by Gasteiger charge is -2.20. The maximum absolute atomic E-state index is 12.0. The Morgan fingerprint density at radius 2 is 2.22 bits per heavy atom. The van der Waals surface area contributed by atoms with Crippen LogP contribution in [0, 0.1) is 12.8 Å². The lowest BCUT2D eigenvalue weighted by atomic mass is 10.1. The van der Waals surface area contributed by atoms with Crippen LogP contribution in [-0.2, 0) is 14.3 Å². The van der Waals surface area contributed by atoms with E-state index in [9.17, 15) is 9.59 Å². The van der Waals surface area contributed by atoms with E-state index in [-0.39, 0.29) is 18.3 Å². The van der Waals surface area contributed by atoms with Gasteiger partial charge in [0.1, 0.15) is 0 Å². The molecule has 1 amide bonds. The highest BCUT2D eigenvalue weighted by atomic mass is 16.5. The first-order valence-electron chi connectivity index (χ1n) is 5.78. The van der Waals surface area contributed by atoms with Crippen LogP contribution in [0.5, 0.6) is 0 Å². The number of carbonyl (C=O) groups is 2. The van der Waals surface area contributed by atoms with Crippen LogP contribution in [0.2, 0.25) is 0 Å². The van der Waals surface area contributed by atoms with Gasteiger partial charge in [-0.2, -0.15) is 0 Å². The number of aryl methyl sites for hydroxylation is 1. The van der Waals surface area contributed by atoms with Crippen molar-refractivity contribution in [2.75, 3.05) is 24.3 Å². The number of anilines is 2. The van der Waals surface area contributed by atoms with Crippen molar-refractivity contribution in [3.05, 3.63) is 23.8 Å². The third-order valence-electron chi connectivity index (χ3n) is 3.20. The standard InChI is InChI=1S/C13H16N2O3/c1-8-4-3-5-10(14)12(8)15-7-9(6-11(15)16)13(17)18-2/h3-5,9H,6-7,14H2,1-2H3. The zero-order valence-electron chi connectivity index (χ0n) is 10.5. The van der Waals surface area contributed by atoms with Crippen LogP contribution in [0.25, 0.3) is 0 Å². The summed E-state index contributed by atoms with van der Waals surface area (Å²) in [6.45, 7) is 2.23. The summed E-state index contributed by atoms with van der Waals surface area (Å²) in [6.07, 6.45) is 0.181. The quantitative estimate of drug-likeness (QED) is 0.628. The number of rotatable bonds is 2. The second-order valence-corrected chi connectivity index (χ2v) is 4.44. The SMILES string of the molecule is COC(=O)C1CC(=O)N(c2c(C)cccc2N)C1. The fraction of sp³-hybridized carbons (Fsp3) is 0.385. The number of hydrogen-bond donors (Lipinski definition) is 1. The number of hydrogen-bond acceptors (Lipinski definition) is 4. The van der Waals surface area contributed by atoms with E-state index in [1.807, 2.05) is 19.1 Å². The first kappa shape index (κ1) is 12.4. The van der Waals surface area contributed by atoms with Crippen LogP contribution in [-0.4, -0.2) is 25.5 Å². The van der Waals surface area contributed by atoms with E-state index in [4.69, 9.17) is 5.73 Å². The van der Waals surface area contributed by atoms with Crippen molar-refractivity contribution in [3.63, 3.8) is 0 Å². The number of esters is 1. The second-order valence-electron chi connectivity index (χ2n) is 4.44. The highest BCUT2D eigenvalue weighted by molar-refractivity contribution is 6.02. The summed E-state index contributed by atoms with van der Waals surface area (Å²) in [5.41, 5.74) is 8.08. The van der Waals surface area contributed by atoms with Gasteiger partial charge in [0, 0.05) is 13.0 Å². The molecule has 0 spiro atoms. The molecule has 0 radical (unpaired) electrons.